The van der Waals surface area contributed by atoms with E-state index in [2.05, 4.69) is 29.4 Å². The number of amides is 1. The van der Waals surface area contributed by atoms with E-state index in [1.807, 2.05) is 48.7 Å². The van der Waals surface area contributed by atoms with Crippen molar-refractivity contribution < 1.29 is 14.3 Å². The molecule has 0 atom stereocenters. The Bertz CT molecular complexity index is 848. The standard InChI is InChI=1S/C25H32N2O3S/c1-27(22-12-15-29-16-13-22)14-17-30-23-5-3-4-21(18-23)19-26-25(28)11-8-20-6-9-24(31-2)10-7-20/h3-11,18,22H,12-17,19H2,1-2H3,(H,26,28)/b11-8+. The summed E-state index contributed by atoms with van der Waals surface area (Å²) in [5.41, 5.74) is 2.02. The van der Waals surface area contributed by atoms with E-state index in [4.69, 9.17) is 9.47 Å². The largest absolute Gasteiger partial charge is 0.492 e. The second-order valence-corrected chi connectivity index (χ2v) is 8.52. The highest BCUT2D eigenvalue weighted by Crippen LogP contribution is 2.16. The van der Waals surface area contributed by atoms with Crippen molar-refractivity contribution in [1.82, 2.24) is 10.2 Å². The van der Waals surface area contributed by atoms with Gasteiger partial charge >= 0.3 is 0 Å². The van der Waals surface area contributed by atoms with Gasteiger partial charge < -0.3 is 14.8 Å². The highest BCUT2D eigenvalue weighted by atomic mass is 32.2. The Hall–Kier alpha value is -2.28. The highest BCUT2D eigenvalue weighted by molar-refractivity contribution is 7.98. The minimum Gasteiger partial charge on any atom is -0.492 e. The summed E-state index contributed by atoms with van der Waals surface area (Å²) >= 11 is 1.70. The van der Waals surface area contributed by atoms with Gasteiger partial charge in [0.05, 0.1) is 0 Å². The van der Waals surface area contributed by atoms with Crippen LogP contribution in [0.2, 0.25) is 0 Å². The van der Waals surface area contributed by atoms with E-state index in [1.165, 1.54) is 4.90 Å². The molecule has 166 valence electrons. The zero-order valence-electron chi connectivity index (χ0n) is 18.4. The fourth-order valence-corrected chi connectivity index (χ4v) is 3.90. The van der Waals surface area contributed by atoms with Gasteiger partial charge in [0.25, 0.3) is 0 Å². The molecule has 2 aromatic rings. The van der Waals surface area contributed by atoms with Gasteiger partial charge in [0.15, 0.2) is 0 Å². The molecule has 0 aromatic heterocycles. The second kappa shape index (κ2) is 12.5. The number of ether oxygens (including phenoxy) is 2. The molecular formula is C25H32N2O3S. The van der Waals surface area contributed by atoms with Crippen molar-refractivity contribution in [1.29, 1.82) is 0 Å². The van der Waals surface area contributed by atoms with Crippen LogP contribution in [0.4, 0.5) is 0 Å². The number of likely N-dealkylation sites (N-methyl/N-ethyl adjacent to an activating group) is 1. The Morgan fingerprint density at radius 2 is 2.00 bits per heavy atom. The molecule has 0 spiro atoms. The summed E-state index contributed by atoms with van der Waals surface area (Å²) in [5.74, 6) is 0.718. The molecule has 1 saturated heterocycles. The average Bonchev–Trinajstić information content (AvgIpc) is 2.82. The Kier molecular flexibility index (Phi) is 9.46. The first kappa shape index (κ1) is 23.4. The Labute approximate surface area is 189 Å². The van der Waals surface area contributed by atoms with E-state index in [-0.39, 0.29) is 5.91 Å². The van der Waals surface area contributed by atoms with E-state index < -0.39 is 0 Å². The lowest BCUT2D eigenvalue weighted by Gasteiger charge is -2.31. The molecule has 5 nitrogen and oxygen atoms in total. The van der Waals surface area contributed by atoms with Crippen LogP contribution in [0.25, 0.3) is 6.08 Å². The van der Waals surface area contributed by atoms with Gasteiger partial charge in [-0.05, 0) is 67.6 Å². The normalized spacial score (nSPS) is 14.8. The molecular weight excluding hydrogens is 408 g/mol. The SMILES string of the molecule is CSc1ccc(/C=C/C(=O)NCc2cccc(OCCN(C)C3CCOCC3)c2)cc1. The van der Waals surface area contributed by atoms with Crippen LogP contribution < -0.4 is 10.1 Å². The van der Waals surface area contributed by atoms with Crippen LogP contribution in [0.1, 0.15) is 24.0 Å². The number of nitrogens with one attached hydrogen (secondary N) is 1. The molecule has 0 aliphatic carbocycles. The summed E-state index contributed by atoms with van der Waals surface area (Å²) in [6, 6.07) is 16.6. The molecule has 1 aliphatic rings. The molecule has 1 aliphatic heterocycles. The van der Waals surface area contributed by atoms with Crippen LogP contribution in [0.3, 0.4) is 0 Å². The molecule has 1 amide bonds. The number of thioether (sulfide) groups is 1. The van der Waals surface area contributed by atoms with E-state index in [1.54, 1.807) is 17.8 Å². The van der Waals surface area contributed by atoms with Crippen molar-refractivity contribution in [2.45, 2.75) is 30.3 Å². The fraction of sp³-hybridized carbons (Fsp3) is 0.400. The molecule has 1 fully saturated rings. The maximum absolute atomic E-state index is 12.1. The molecule has 6 heteroatoms. The summed E-state index contributed by atoms with van der Waals surface area (Å²) in [5, 5.41) is 2.93. The molecule has 0 unspecified atom stereocenters. The average molecular weight is 441 g/mol. The third-order valence-corrected chi connectivity index (χ3v) is 6.18. The fourth-order valence-electron chi connectivity index (χ4n) is 3.50. The number of carbonyl (C=O) groups excluding carboxylic acids is 1. The first-order valence-electron chi connectivity index (χ1n) is 10.7. The third kappa shape index (κ3) is 8.05. The molecule has 3 rings (SSSR count). The van der Waals surface area contributed by atoms with Gasteiger partial charge in [-0.3, -0.25) is 9.69 Å². The van der Waals surface area contributed by atoms with Crippen molar-refractivity contribution >= 4 is 23.7 Å². The number of hydrogen-bond donors (Lipinski definition) is 1. The zero-order chi connectivity index (χ0) is 21.9. The van der Waals surface area contributed by atoms with Crippen molar-refractivity contribution in [3.63, 3.8) is 0 Å². The number of benzene rings is 2. The summed E-state index contributed by atoms with van der Waals surface area (Å²) in [6.07, 6.45) is 7.62. The van der Waals surface area contributed by atoms with Crippen molar-refractivity contribution in [3.05, 3.63) is 65.7 Å². The lowest BCUT2D eigenvalue weighted by atomic mass is 10.1. The van der Waals surface area contributed by atoms with Crippen LogP contribution in [-0.2, 0) is 16.1 Å². The van der Waals surface area contributed by atoms with E-state index >= 15 is 0 Å². The highest BCUT2D eigenvalue weighted by Gasteiger charge is 2.17. The predicted octanol–water partition coefficient (Wildman–Crippen LogP) is 4.23. The molecule has 0 bridgehead atoms. The molecule has 2 aromatic carbocycles. The quantitative estimate of drug-likeness (QED) is 0.443. The second-order valence-electron chi connectivity index (χ2n) is 7.64. The van der Waals surface area contributed by atoms with E-state index in [9.17, 15) is 4.79 Å². The van der Waals surface area contributed by atoms with Crippen molar-refractivity contribution in [2.75, 3.05) is 39.7 Å². The topological polar surface area (TPSA) is 50.8 Å². The van der Waals surface area contributed by atoms with E-state index in [0.717, 1.165) is 49.5 Å². The molecule has 1 N–H and O–H groups in total. The number of carbonyl (C=O) groups is 1. The number of rotatable bonds is 10. The Morgan fingerprint density at radius 1 is 1.23 bits per heavy atom. The maximum Gasteiger partial charge on any atom is 0.244 e. The lowest BCUT2D eigenvalue weighted by Crippen LogP contribution is -2.38. The van der Waals surface area contributed by atoms with Gasteiger partial charge in [-0.1, -0.05) is 24.3 Å². The van der Waals surface area contributed by atoms with Gasteiger partial charge in [0.1, 0.15) is 12.4 Å². The maximum atomic E-state index is 12.1. The predicted molar refractivity (Wildman–Crippen MR) is 128 cm³/mol. The molecule has 0 radical (unpaired) electrons. The van der Waals surface area contributed by atoms with Crippen LogP contribution in [0.5, 0.6) is 5.75 Å². The Balaban J connectivity index is 1.41. The van der Waals surface area contributed by atoms with E-state index in [0.29, 0.717) is 19.2 Å². The minimum atomic E-state index is -0.113. The minimum absolute atomic E-state index is 0.113. The van der Waals surface area contributed by atoms with Crippen molar-refractivity contribution in [2.24, 2.45) is 0 Å². The van der Waals surface area contributed by atoms with Gasteiger partial charge in [-0.2, -0.15) is 0 Å². The Morgan fingerprint density at radius 3 is 2.74 bits per heavy atom. The van der Waals surface area contributed by atoms with Crippen LogP contribution in [0.15, 0.2) is 59.5 Å². The molecule has 31 heavy (non-hydrogen) atoms. The smallest absolute Gasteiger partial charge is 0.244 e. The molecule has 1 heterocycles. The van der Waals surface area contributed by atoms with Crippen molar-refractivity contribution in [3.8, 4) is 5.75 Å². The van der Waals surface area contributed by atoms with Gasteiger partial charge in [-0.15, -0.1) is 11.8 Å². The van der Waals surface area contributed by atoms with Crippen LogP contribution >= 0.6 is 11.8 Å². The summed E-state index contributed by atoms with van der Waals surface area (Å²) in [6.45, 7) is 3.69. The summed E-state index contributed by atoms with van der Waals surface area (Å²) in [7, 11) is 2.15. The number of hydrogen-bond acceptors (Lipinski definition) is 5. The molecule has 0 saturated carbocycles. The van der Waals surface area contributed by atoms with Gasteiger partial charge in [0, 0.05) is 43.3 Å². The summed E-state index contributed by atoms with van der Waals surface area (Å²) < 4.78 is 11.4. The first-order valence-corrected chi connectivity index (χ1v) is 12.0. The van der Waals surface area contributed by atoms with Crippen LogP contribution in [0, 0.1) is 0 Å². The zero-order valence-corrected chi connectivity index (χ0v) is 19.2. The third-order valence-electron chi connectivity index (χ3n) is 5.44. The summed E-state index contributed by atoms with van der Waals surface area (Å²) in [4.78, 5) is 15.7. The van der Waals surface area contributed by atoms with Gasteiger partial charge in [0.2, 0.25) is 5.91 Å². The number of nitrogens with zero attached hydrogens (tertiary/aromatic N) is 1. The van der Waals surface area contributed by atoms with Gasteiger partial charge in [-0.25, -0.2) is 0 Å². The van der Waals surface area contributed by atoms with Crippen LogP contribution in [-0.4, -0.2) is 56.5 Å². The first-order chi connectivity index (χ1) is 15.1. The lowest BCUT2D eigenvalue weighted by molar-refractivity contribution is -0.116. The monoisotopic (exact) mass is 440 g/mol.